The van der Waals surface area contributed by atoms with Gasteiger partial charge in [-0.2, -0.15) is 0 Å². The molecule has 0 amide bonds. The first kappa shape index (κ1) is 12.5. The summed E-state index contributed by atoms with van der Waals surface area (Å²) in [6, 6.07) is 2.89. The third kappa shape index (κ3) is 3.18. The smallest absolute Gasteiger partial charge is 0.127 e. The van der Waals surface area contributed by atoms with Gasteiger partial charge in [-0.15, -0.1) is 0 Å². The zero-order chi connectivity index (χ0) is 11.4. The Bertz CT molecular complexity index is 339. The number of rotatable bonds is 4. The average Bonchev–Trinajstić information content (AvgIpc) is 2.20. The normalized spacial score (nSPS) is 12.9. The van der Waals surface area contributed by atoms with Crippen LogP contribution in [-0.2, 0) is 0 Å². The molecular weight excluding hydrogens is 215 g/mol. The van der Waals surface area contributed by atoms with Crippen molar-refractivity contribution < 1.29 is 9.50 Å². The Morgan fingerprint density at radius 2 is 2.13 bits per heavy atom. The van der Waals surface area contributed by atoms with Crippen LogP contribution in [-0.4, -0.2) is 5.11 Å². The summed E-state index contributed by atoms with van der Waals surface area (Å²) in [5, 5.41) is 10.1. The summed E-state index contributed by atoms with van der Waals surface area (Å²) in [5.74, 6) is -0.327. The van der Waals surface area contributed by atoms with Crippen molar-refractivity contribution in [2.75, 3.05) is 0 Å². The van der Waals surface area contributed by atoms with Crippen LogP contribution in [0.4, 0.5) is 4.39 Å². The highest BCUT2D eigenvalue weighted by Crippen LogP contribution is 2.28. The van der Waals surface area contributed by atoms with E-state index in [1.165, 1.54) is 6.07 Å². The van der Waals surface area contributed by atoms with E-state index in [1.54, 1.807) is 13.0 Å². The molecule has 0 radical (unpaired) electrons. The molecule has 1 nitrogen and oxygen atoms in total. The van der Waals surface area contributed by atoms with Gasteiger partial charge in [-0.3, -0.25) is 0 Å². The van der Waals surface area contributed by atoms with Crippen molar-refractivity contribution in [1.82, 2.24) is 0 Å². The van der Waals surface area contributed by atoms with Gasteiger partial charge in [-0.1, -0.05) is 31.4 Å². The first-order chi connectivity index (χ1) is 7.06. The van der Waals surface area contributed by atoms with E-state index in [1.807, 2.05) is 0 Å². The molecule has 0 aliphatic heterocycles. The van der Waals surface area contributed by atoms with Crippen LogP contribution in [0.25, 0.3) is 0 Å². The molecular formula is C12H16ClFO. The Kier molecular flexibility index (Phi) is 4.55. The molecule has 1 N–H and O–H groups in total. The maximum Gasteiger partial charge on any atom is 0.127 e. The second-order valence-electron chi connectivity index (χ2n) is 3.78. The second kappa shape index (κ2) is 5.47. The Morgan fingerprint density at radius 1 is 1.47 bits per heavy atom. The Balaban J connectivity index is 2.88. The van der Waals surface area contributed by atoms with Crippen molar-refractivity contribution >= 4 is 11.6 Å². The molecule has 0 saturated carbocycles. The molecule has 1 rings (SSSR count). The van der Waals surface area contributed by atoms with E-state index in [0.29, 0.717) is 22.6 Å². The summed E-state index contributed by atoms with van der Waals surface area (Å²) >= 11 is 5.88. The minimum absolute atomic E-state index is 0.307. The monoisotopic (exact) mass is 230 g/mol. The summed E-state index contributed by atoms with van der Waals surface area (Å²) in [7, 11) is 0. The summed E-state index contributed by atoms with van der Waals surface area (Å²) in [4.78, 5) is 0. The van der Waals surface area contributed by atoms with Gasteiger partial charge in [-0.25, -0.2) is 4.39 Å². The number of halogens is 2. The number of unbranched alkanes of at least 4 members (excludes halogenated alkanes) is 1. The highest BCUT2D eigenvalue weighted by atomic mass is 35.5. The molecule has 0 saturated heterocycles. The Morgan fingerprint density at radius 3 is 2.73 bits per heavy atom. The zero-order valence-electron chi connectivity index (χ0n) is 9.06. The first-order valence-corrected chi connectivity index (χ1v) is 5.57. The maximum absolute atomic E-state index is 13.1. The first-order valence-electron chi connectivity index (χ1n) is 5.19. The van der Waals surface area contributed by atoms with Crippen LogP contribution >= 0.6 is 11.6 Å². The molecule has 0 bridgehead atoms. The number of aryl methyl sites for hydroxylation is 1. The van der Waals surface area contributed by atoms with Crippen LogP contribution < -0.4 is 0 Å². The van der Waals surface area contributed by atoms with Gasteiger partial charge in [0.05, 0.1) is 6.10 Å². The van der Waals surface area contributed by atoms with E-state index >= 15 is 0 Å². The van der Waals surface area contributed by atoms with E-state index < -0.39 is 6.10 Å². The van der Waals surface area contributed by atoms with Crippen molar-refractivity contribution in [2.45, 2.75) is 39.2 Å². The third-order valence-electron chi connectivity index (χ3n) is 2.47. The minimum atomic E-state index is -0.586. The fraction of sp³-hybridized carbons (Fsp3) is 0.500. The molecule has 1 atom stereocenters. The fourth-order valence-corrected chi connectivity index (χ4v) is 1.76. The zero-order valence-corrected chi connectivity index (χ0v) is 9.81. The quantitative estimate of drug-likeness (QED) is 0.829. The topological polar surface area (TPSA) is 20.2 Å². The predicted molar refractivity (Wildman–Crippen MR) is 60.6 cm³/mol. The molecule has 15 heavy (non-hydrogen) atoms. The van der Waals surface area contributed by atoms with E-state index in [4.69, 9.17) is 11.6 Å². The van der Waals surface area contributed by atoms with Crippen LogP contribution in [0.5, 0.6) is 0 Å². The SMILES string of the molecule is CCCCC(O)c1cc(C)c(F)cc1Cl. The second-order valence-corrected chi connectivity index (χ2v) is 4.19. The lowest BCUT2D eigenvalue weighted by Gasteiger charge is -2.13. The largest absolute Gasteiger partial charge is 0.388 e. The molecule has 0 aromatic heterocycles. The highest BCUT2D eigenvalue weighted by molar-refractivity contribution is 6.31. The van der Waals surface area contributed by atoms with Crippen LogP contribution in [0.2, 0.25) is 5.02 Å². The number of aliphatic hydroxyl groups excluding tert-OH is 1. The van der Waals surface area contributed by atoms with Crippen molar-refractivity contribution in [3.8, 4) is 0 Å². The van der Waals surface area contributed by atoms with Gasteiger partial charge in [0.15, 0.2) is 0 Å². The molecule has 0 spiro atoms. The van der Waals surface area contributed by atoms with Crippen LogP contribution in [0.1, 0.15) is 43.4 Å². The van der Waals surface area contributed by atoms with Crippen molar-refractivity contribution in [1.29, 1.82) is 0 Å². The molecule has 0 aliphatic carbocycles. The standard InChI is InChI=1S/C12H16ClFO/c1-3-4-5-12(15)9-6-8(2)11(14)7-10(9)13/h6-7,12,15H,3-5H2,1-2H3. The molecule has 0 aliphatic rings. The Labute approximate surface area is 94.9 Å². The minimum Gasteiger partial charge on any atom is -0.388 e. The summed E-state index contributed by atoms with van der Waals surface area (Å²) < 4.78 is 13.1. The molecule has 0 fully saturated rings. The Hall–Kier alpha value is -0.600. The lowest BCUT2D eigenvalue weighted by molar-refractivity contribution is 0.164. The number of hydrogen-bond donors (Lipinski definition) is 1. The average molecular weight is 231 g/mol. The van der Waals surface area contributed by atoms with Crippen molar-refractivity contribution in [3.63, 3.8) is 0 Å². The predicted octanol–water partition coefficient (Wildman–Crippen LogP) is 4.01. The number of benzene rings is 1. The number of aliphatic hydroxyl groups is 1. The molecule has 1 unspecified atom stereocenters. The van der Waals surface area contributed by atoms with Gasteiger partial charge in [0.2, 0.25) is 0 Å². The van der Waals surface area contributed by atoms with Gasteiger partial charge in [0.1, 0.15) is 5.82 Å². The number of hydrogen-bond acceptors (Lipinski definition) is 1. The lowest BCUT2D eigenvalue weighted by Crippen LogP contribution is -2.00. The van der Waals surface area contributed by atoms with E-state index in [-0.39, 0.29) is 5.82 Å². The van der Waals surface area contributed by atoms with Crippen molar-refractivity contribution in [3.05, 3.63) is 34.1 Å². The van der Waals surface area contributed by atoms with Gasteiger partial charge in [0.25, 0.3) is 0 Å². The van der Waals surface area contributed by atoms with E-state index in [9.17, 15) is 9.50 Å². The van der Waals surface area contributed by atoms with Crippen molar-refractivity contribution in [2.24, 2.45) is 0 Å². The summed E-state index contributed by atoms with van der Waals surface area (Å²) in [6.45, 7) is 3.73. The van der Waals surface area contributed by atoms with Crippen LogP contribution in [0.15, 0.2) is 12.1 Å². The highest BCUT2D eigenvalue weighted by Gasteiger charge is 2.13. The summed E-state index contributed by atoms with van der Waals surface area (Å²) in [5.41, 5.74) is 1.15. The molecule has 1 aromatic rings. The molecule has 1 aromatic carbocycles. The fourth-order valence-electron chi connectivity index (χ4n) is 1.49. The van der Waals surface area contributed by atoms with Crippen LogP contribution in [0, 0.1) is 12.7 Å². The van der Waals surface area contributed by atoms with Gasteiger partial charge in [0, 0.05) is 5.02 Å². The molecule has 0 heterocycles. The van der Waals surface area contributed by atoms with Crippen LogP contribution in [0.3, 0.4) is 0 Å². The van der Waals surface area contributed by atoms with Gasteiger partial charge in [-0.05, 0) is 36.6 Å². The lowest BCUT2D eigenvalue weighted by atomic mass is 10.0. The van der Waals surface area contributed by atoms with E-state index in [2.05, 4.69) is 6.92 Å². The third-order valence-corrected chi connectivity index (χ3v) is 2.80. The van der Waals surface area contributed by atoms with E-state index in [0.717, 1.165) is 12.8 Å². The maximum atomic E-state index is 13.1. The summed E-state index contributed by atoms with van der Waals surface area (Å²) in [6.07, 6.45) is 2.04. The van der Waals surface area contributed by atoms with Gasteiger partial charge < -0.3 is 5.11 Å². The molecule has 3 heteroatoms. The van der Waals surface area contributed by atoms with Gasteiger partial charge >= 0.3 is 0 Å². The molecule has 84 valence electrons.